The van der Waals surface area contributed by atoms with Crippen molar-refractivity contribution in [2.24, 2.45) is 0 Å². The Hall–Kier alpha value is -2.77. The normalized spacial score (nSPS) is 10.3. The lowest BCUT2D eigenvalue weighted by Gasteiger charge is -2.06. The highest BCUT2D eigenvalue weighted by atomic mass is 19.1. The lowest BCUT2D eigenvalue weighted by Crippen LogP contribution is -2.24. The van der Waals surface area contributed by atoms with Crippen molar-refractivity contribution in [3.05, 3.63) is 57.2 Å². The molecular weight excluding hydrogens is 269 g/mol. The number of nitrogens with one attached hydrogen (secondary N) is 1. The Balaban J connectivity index is 2.22. The quantitative estimate of drug-likeness (QED) is 0.681. The maximum Gasteiger partial charge on any atom is 0.270 e. The molecular formula is C12H10FN3O4. The first-order valence-corrected chi connectivity index (χ1v) is 5.61. The smallest absolute Gasteiger partial charge is 0.270 e. The summed E-state index contributed by atoms with van der Waals surface area (Å²) >= 11 is 0. The van der Waals surface area contributed by atoms with Crippen molar-refractivity contribution in [3.8, 4) is 0 Å². The van der Waals surface area contributed by atoms with Crippen molar-refractivity contribution in [3.63, 3.8) is 0 Å². The molecule has 0 aliphatic carbocycles. The number of aryl methyl sites for hydroxylation is 1. The lowest BCUT2D eigenvalue weighted by molar-refractivity contribution is -0.385. The van der Waals surface area contributed by atoms with Crippen molar-refractivity contribution in [2.45, 2.75) is 13.5 Å². The molecule has 1 N–H and O–H groups in total. The van der Waals surface area contributed by atoms with Gasteiger partial charge in [0.05, 0.1) is 17.0 Å². The molecule has 1 aromatic carbocycles. The van der Waals surface area contributed by atoms with E-state index in [-0.39, 0.29) is 23.4 Å². The average Bonchev–Trinajstić information content (AvgIpc) is 2.92. The van der Waals surface area contributed by atoms with E-state index in [9.17, 15) is 19.3 Å². The van der Waals surface area contributed by atoms with Gasteiger partial charge in [0.15, 0.2) is 0 Å². The number of hydrogen-bond donors (Lipinski definition) is 1. The molecule has 8 heteroatoms. The summed E-state index contributed by atoms with van der Waals surface area (Å²) in [6, 6.07) is 3.51. The van der Waals surface area contributed by atoms with E-state index in [1.54, 1.807) is 0 Å². The van der Waals surface area contributed by atoms with E-state index in [1.807, 2.05) is 0 Å². The minimum atomic E-state index is -0.784. The van der Waals surface area contributed by atoms with Crippen molar-refractivity contribution in [1.82, 2.24) is 10.5 Å². The fraction of sp³-hybridized carbons (Fsp3) is 0.167. The summed E-state index contributed by atoms with van der Waals surface area (Å²) in [5, 5.41) is 16.7. The molecule has 104 valence electrons. The summed E-state index contributed by atoms with van der Waals surface area (Å²) in [4.78, 5) is 21.9. The number of nitro groups is 1. The number of halogens is 1. The molecule has 0 saturated heterocycles. The second kappa shape index (κ2) is 5.47. The van der Waals surface area contributed by atoms with E-state index in [4.69, 9.17) is 0 Å². The Bertz CT molecular complexity index is 655. The van der Waals surface area contributed by atoms with Gasteiger partial charge in [0.25, 0.3) is 11.6 Å². The highest BCUT2D eigenvalue weighted by molar-refractivity contribution is 5.95. The number of rotatable bonds is 4. The molecule has 0 atom stereocenters. The summed E-state index contributed by atoms with van der Waals surface area (Å²) in [7, 11) is 0. The summed E-state index contributed by atoms with van der Waals surface area (Å²) in [5.41, 5.74) is -0.220. The van der Waals surface area contributed by atoms with Gasteiger partial charge in [0.2, 0.25) is 0 Å². The van der Waals surface area contributed by atoms with Gasteiger partial charge in [-0.25, -0.2) is 4.39 Å². The minimum absolute atomic E-state index is 0.0331. The molecule has 0 aliphatic heterocycles. The summed E-state index contributed by atoms with van der Waals surface area (Å²) in [5.74, 6) is -1.54. The molecule has 2 rings (SSSR count). The van der Waals surface area contributed by atoms with Crippen LogP contribution in [0.5, 0.6) is 0 Å². The van der Waals surface area contributed by atoms with Crippen LogP contribution in [0, 0.1) is 22.9 Å². The Labute approximate surface area is 112 Å². The highest BCUT2D eigenvalue weighted by Crippen LogP contribution is 2.21. The number of benzene rings is 1. The van der Waals surface area contributed by atoms with Crippen molar-refractivity contribution in [1.29, 1.82) is 0 Å². The highest BCUT2D eigenvalue weighted by Gasteiger charge is 2.19. The predicted molar refractivity (Wildman–Crippen MR) is 65.5 cm³/mol. The molecule has 0 aliphatic rings. The fourth-order valence-corrected chi connectivity index (χ4v) is 1.62. The molecule has 0 spiro atoms. The van der Waals surface area contributed by atoms with E-state index in [1.165, 1.54) is 19.3 Å². The third kappa shape index (κ3) is 2.79. The lowest BCUT2D eigenvalue weighted by atomic mass is 10.1. The third-order valence-electron chi connectivity index (χ3n) is 2.62. The second-order valence-electron chi connectivity index (χ2n) is 4.05. The zero-order valence-electron chi connectivity index (χ0n) is 10.4. The van der Waals surface area contributed by atoms with Crippen molar-refractivity contribution in [2.75, 3.05) is 0 Å². The van der Waals surface area contributed by atoms with Crippen LogP contribution >= 0.6 is 0 Å². The number of carbonyl (C=O) groups is 1. The zero-order chi connectivity index (χ0) is 14.7. The molecule has 7 nitrogen and oxygen atoms in total. The van der Waals surface area contributed by atoms with Crippen molar-refractivity contribution >= 4 is 11.6 Å². The first kappa shape index (κ1) is 13.7. The molecule has 20 heavy (non-hydrogen) atoms. The second-order valence-corrected chi connectivity index (χ2v) is 4.05. The summed E-state index contributed by atoms with van der Waals surface area (Å²) < 4.78 is 18.4. The SMILES string of the molecule is Cc1cc([N+](=O)[O-])cc(C(=O)NCc2ccon2)c1F. The van der Waals surface area contributed by atoms with Crippen LogP contribution < -0.4 is 5.32 Å². The molecule has 0 radical (unpaired) electrons. The number of amides is 1. The van der Waals surface area contributed by atoms with Gasteiger partial charge in [-0.3, -0.25) is 14.9 Å². The maximum absolute atomic E-state index is 13.8. The number of non-ortho nitro benzene ring substituents is 1. The van der Waals surface area contributed by atoms with Gasteiger partial charge in [0, 0.05) is 18.2 Å². The van der Waals surface area contributed by atoms with E-state index in [2.05, 4.69) is 15.0 Å². The van der Waals surface area contributed by atoms with Crippen LogP contribution in [-0.4, -0.2) is 16.0 Å². The zero-order valence-corrected chi connectivity index (χ0v) is 10.4. The largest absolute Gasteiger partial charge is 0.364 e. The molecule has 0 unspecified atom stereocenters. The van der Waals surface area contributed by atoms with Crippen LogP contribution in [-0.2, 0) is 6.54 Å². The van der Waals surface area contributed by atoms with Gasteiger partial charge >= 0.3 is 0 Å². The van der Waals surface area contributed by atoms with Crippen LogP contribution in [0.25, 0.3) is 0 Å². The van der Waals surface area contributed by atoms with Gasteiger partial charge in [-0.15, -0.1) is 0 Å². The summed E-state index contributed by atoms with van der Waals surface area (Å²) in [6.45, 7) is 1.40. The summed E-state index contributed by atoms with van der Waals surface area (Å²) in [6.07, 6.45) is 1.33. The van der Waals surface area contributed by atoms with Gasteiger partial charge in [-0.05, 0) is 12.5 Å². The fourth-order valence-electron chi connectivity index (χ4n) is 1.62. The van der Waals surface area contributed by atoms with Crippen LogP contribution in [0.3, 0.4) is 0 Å². The van der Waals surface area contributed by atoms with E-state index >= 15 is 0 Å². The molecule has 1 aromatic heterocycles. The first-order valence-electron chi connectivity index (χ1n) is 5.61. The van der Waals surface area contributed by atoms with E-state index in [0.29, 0.717) is 5.69 Å². The number of nitrogens with zero attached hydrogens (tertiary/aromatic N) is 2. The number of nitro benzene ring substituents is 1. The Kier molecular flexibility index (Phi) is 3.74. The molecule has 1 amide bonds. The molecule has 0 saturated carbocycles. The van der Waals surface area contributed by atoms with Crippen LogP contribution in [0.15, 0.2) is 29.0 Å². The Morgan fingerprint density at radius 2 is 2.30 bits per heavy atom. The number of aromatic nitrogens is 1. The van der Waals surface area contributed by atoms with Gasteiger partial charge in [-0.1, -0.05) is 5.16 Å². The van der Waals surface area contributed by atoms with Crippen LogP contribution in [0.1, 0.15) is 21.6 Å². The van der Waals surface area contributed by atoms with Gasteiger partial charge < -0.3 is 9.84 Å². The monoisotopic (exact) mass is 279 g/mol. The van der Waals surface area contributed by atoms with Crippen LogP contribution in [0.4, 0.5) is 10.1 Å². The maximum atomic E-state index is 13.8. The topological polar surface area (TPSA) is 98.3 Å². The first-order chi connectivity index (χ1) is 9.49. The third-order valence-corrected chi connectivity index (χ3v) is 2.62. The van der Waals surface area contributed by atoms with Crippen LogP contribution in [0.2, 0.25) is 0 Å². The van der Waals surface area contributed by atoms with Gasteiger partial charge in [-0.2, -0.15) is 0 Å². The van der Waals surface area contributed by atoms with Gasteiger partial charge in [0.1, 0.15) is 17.8 Å². The number of hydrogen-bond acceptors (Lipinski definition) is 5. The predicted octanol–water partition coefficient (Wildman–Crippen LogP) is 1.96. The minimum Gasteiger partial charge on any atom is -0.364 e. The average molecular weight is 279 g/mol. The molecule has 0 bridgehead atoms. The standard InChI is InChI=1S/C12H10FN3O4/c1-7-4-9(16(18)19)5-10(11(7)13)12(17)14-6-8-2-3-20-15-8/h2-5H,6H2,1H3,(H,14,17). The van der Waals surface area contributed by atoms with E-state index in [0.717, 1.165) is 12.1 Å². The molecule has 0 fully saturated rings. The van der Waals surface area contributed by atoms with E-state index < -0.39 is 16.6 Å². The number of carbonyl (C=O) groups excluding carboxylic acids is 1. The molecule has 2 aromatic rings. The Morgan fingerprint density at radius 1 is 1.55 bits per heavy atom. The van der Waals surface area contributed by atoms with Crippen molar-refractivity contribution < 1.29 is 18.6 Å². The molecule has 1 heterocycles. The Morgan fingerprint density at radius 3 is 2.90 bits per heavy atom.